The van der Waals surface area contributed by atoms with E-state index in [2.05, 4.69) is 25.3 Å². The average Bonchev–Trinajstić information content (AvgIpc) is 2.39. The lowest BCUT2D eigenvalue weighted by molar-refractivity contribution is 1.13. The van der Waals surface area contributed by atoms with Crippen LogP contribution in [0, 0.1) is 0 Å². The van der Waals surface area contributed by atoms with Crippen LogP contribution in [0.15, 0.2) is 35.7 Å². The molecule has 5 nitrogen and oxygen atoms in total. The van der Waals surface area contributed by atoms with Crippen molar-refractivity contribution in [2.24, 2.45) is 4.99 Å². The SMILES string of the molecule is C1=Nc2cnc(-c3cccnc3)nc2NC1. The molecule has 1 aliphatic heterocycles. The molecule has 0 unspecified atom stereocenters. The van der Waals surface area contributed by atoms with Gasteiger partial charge in [0.2, 0.25) is 0 Å². The minimum absolute atomic E-state index is 0.663. The number of nitrogens with zero attached hydrogens (tertiary/aromatic N) is 4. The Balaban J connectivity index is 2.07. The van der Waals surface area contributed by atoms with Crippen LogP contribution in [-0.2, 0) is 0 Å². The summed E-state index contributed by atoms with van der Waals surface area (Å²) in [6, 6.07) is 3.80. The normalized spacial score (nSPS) is 13.0. The lowest BCUT2D eigenvalue weighted by Gasteiger charge is -2.11. The lowest BCUT2D eigenvalue weighted by atomic mass is 10.2. The molecule has 3 rings (SSSR count). The standard InChI is InChI=1S/C11H9N5/c1-2-8(6-12-3-1)10-15-7-9-11(16-10)14-5-4-13-9/h1-4,6-7H,5H2,(H,14,15,16). The summed E-state index contributed by atoms with van der Waals surface area (Å²) in [6.45, 7) is 0.705. The van der Waals surface area contributed by atoms with E-state index in [-0.39, 0.29) is 0 Å². The van der Waals surface area contributed by atoms with Crippen LogP contribution in [0.4, 0.5) is 11.5 Å². The van der Waals surface area contributed by atoms with Gasteiger partial charge < -0.3 is 5.32 Å². The molecule has 0 atom stereocenters. The zero-order valence-electron chi connectivity index (χ0n) is 8.46. The van der Waals surface area contributed by atoms with Crippen LogP contribution in [0.1, 0.15) is 0 Å². The van der Waals surface area contributed by atoms with Crippen LogP contribution in [0.25, 0.3) is 11.4 Å². The highest BCUT2D eigenvalue weighted by Gasteiger charge is 2.09. The second-order valence-corrected chi connectivity index (χ2v) is 3.36. The quantitative estimate of drug-likeness (QED) is 0.779. The van der Waals surface area contributed by atoms with Gasteiger partial charge in [0.05, 0.1) is 12.7 Å². The molecule has 0 fully saturated rings. The average molecular weight is 211 g/mol. The van der Waals surface area contributed by atoms with E-state index in [9.17, 15) is 0 Å². The maximum atomic E-state index is 4.41. The number of pyridine rings is 1. The van der Waals surface area contributed by atoms with Gasteiger partial charge in [0.25, 0.3) is 0 Å². The summed E-state index contributed by atoms with van der Waals surface area (Å²) >= 11 is 0. The third-order valence-electron chi connectivity index (χ3n) is 2.28. The zero-order chi connectivity index (χ0) is 10.8. The van der Waals surface area contributed by atoms with E-state index in [4.69, 9.17) is 0 Å². The fourth-order valence-corrected chi connectivity index (χ4v) is 1.52. The molecular formula is C11H9N5. The number of aliphatic imine (C=N–C) groups is 1. The van der Waals surface area contributed by atoms with E-state index >= 15 is 0 Å². The molecule has 1 N–H and O–H groups in total. The monoisotopic (exact) mass is 211 g/mol. The summed E-state index contributed by atoms with van der Waals surface area (Å²) in [5.41, 5.74) is 1.68. The molecule has 1 aliphatic rings. The Morgan fingerprint density at radius 2 is 2.25 bits per heavy atom. The molecule has 0 amide bonds. The van der Waals surface area contributed by atoms with Crippen LogP contribution in [-0.4, -0.2) is 27.7 Å². The van der Waals surface area contributed by atoms with E-state index in [0.29, 0.717) is 12.4 Å². The Kier molecular flexibility index (Phi) is 2.07. The Hall–Kier alpha value is -2.30. The fraction of sp³-hybridized carbons (Fsp3) is 0.0909. The fourth-order valence-electron chi connectivity index (χ4n) is 1.52. The summed E-state index contributed by atoms with van der Waals surface area (Å²) < 4.78 is 0. The molecule has 2 aromatic heterocycles. The topological polar surface area (TPSA) is 63.1 Å². The van der Waals surface area contributed by atoms with E-state index in [1.807, 2.05) is 12.1 Å². The summed E-state index contributed by atoms with van der Waals surface area (Å²) in [6.07, 6.45) is 6.99. The number of fused-ring (bicyclic) bond motifs is 1. The highest BCUT2D eigenvalue weighted by atomic mass is 15.1. The van der Waals surface area contributed by atoms with E-state index in [1.165, 1.54) is 0 Å². The molecule has 0 aromatic carbocycles. The molecule has 0 radical (unpaired) electrons. The first-order valence-electron chi connectivity index (χ1n) is 4.97. The van der Waals surface area contributed by atoms with Gasteiger partial charge in [0, 0.05) is 24.2 Å². The molecule has 0 spiro atoms. The highest BCUT2D eigenvalue weighted by molar-refractivity contribution is 5.78. The first-order valence-corrected chi connectivity index (χ1v) is 4.97. The van der Waals surface area contributed by atoms with Crippen molar-refractivity contribution in [3.05, 3.63) is 30.7 Å². The second kappa shape index (κ2) is 3.69. The lowest BCUT2D eigenvalue weighted by Crippen LogP contribution is -2.09. The van der Waals surface area contributed by atoms with Gasteiger partial charge in [0.1, 0.15) is 5.69 Å². The maximum absolute atomic E-state index is 4.41. The van der Waals surface area contributed by atoms with Crippen LogP contribution >= 0.6 is 0 Å². The Morgan fingerprint density at radius 1 is 1.25 bits per heavy atom. The molecule has 5 heteroatoms. The Labute approximate surface area is 92.3 Å². The second-order valence-electron chi connectivity index (χ2n) is 3.36. The minimum Gasteiger partial charge on any atom is -0.363 e. The number of hydrogen-bond donors (Lipinski definition) is 1. The van der Waals surface area contributed by atoms with Crippen LogP contribution in [0.5, 0.6) is 0 Å². The van der Waals surface area contributed by atoms with E-state index < -0.39 is 0 Å². The summed E-state index contributed by atoms with van der Waals surface area (Å²) in [4.78, 5) is 16.9. The number of hydrogen-bond acceptors (Lipinski definition) is 5. The largest absolute Gasteiger partial charge is 0.363 e. The molecule has 0 saturated carbocycles. The molecule has 0 bridgehead atoms. The van der Waals surface area contributed by atoms with Gasteiger partial charge in [0.15, 0.2) is 11.6 Å². The number of anilines is 1. The third-order valence-corrected chi connectivity index (χ3v) is 2.28. The molecule has 0 saturated heterocycles. The first-order chi connectivity index (χ1) is 7.93. The van der Waals surface area contributed by atoms with Crippen LogP contribution < -0.4 is 5.32 Å². The molecule has 3 heterocycles. The highest BCUT2D eigenvalue weighted by Crippen LogP contribution is 2.25. The summed E-state index contributed by atoms with van der Waals surface area (Å²) in [5, 5.41) is 3.15. The third kappa shape index (κ3) is 1.52. The maximum Gasteiger partial charge on any atom is 0.163 e. The smallest absolute Gasteiger partial charge is 0.163 e. The van der Waals surface area contributed by atoms with Crippen molar-refractivity contribution in [3.8, 4) is 11.4 Å². The summed E-state index contributed by atoms with van der Waals surface area (Å²) in [7, 11) is 0. The number of rotatable bonds is 1. The van der Waals surface area contributed by atoms with Crippen LogP contribution in [0.3, 0.4) is 0 Å². The minimum atomic E-state index is 0.663. The van der Waals surface area contributed by atoms with Crippen molar-refractivity contribution in [1.82, 2.24) is 15.0 Å². The number of aromatic nitrogens is 3. The van der Waals surface area contributed by atoms with Crippen molar-refractivity contribution in [1.29, 1.82) is 0 Å². The summed E-state index contributed by atoms with van der Waals surface area (Å²) in [5.74, 6) is 1.44. The zero-order valence-corrected chi connectivity index (χ0v) is 8.46. The van der Waals surface area contributed by atoms with Gasteiger partial charge in [-0.3, -0.25) is 9.98 Å². The van der Waals surface area contributed by atoms with Crippen LogP contribution in [0.2, 0.25) is 0 Å². The Morgan fingerprint density at radius 3 is 3.12 bits per heavy atom. The predicted octanol–water partition coefficient (Wildman–Crippen LogP) is 1.67. The first kappa shape index (κ1) is 8.96. The van der Waals surface area contributed by atoms with E-state index in [0.717, 1.165) is 17.1 Å². The van der Waals surface area contributed by atoms with Gasteiger partial charge in [-0.15, -0.1) is 0 Å². The Bertz CT molecular complexity index is 535. The molecule has 2 aromatic rings. The van der Waals surface area contributed by atoms with Crippen molar-refractivity contribution < 1.29 is 0 Å². The number of nitrogens with one attached hydrogen (secondary N) is 1. The van der Waals surface area contributed by atoms with Crippen molar-refractivity contribution in [2.45, 2.75) is 0 Å². The van der Waals surface area contributed by atoms with Gasteiger partial charge in [-0.1, -0.05) is 0 Å². The van der Waals surface area contributed by atoms with Gasteiger partial charge in [-0.2, -0.15) is 0 Å². The van der Waals surface area contributed by atoms with Gasteiger partial charge in [-0.25, -0.2) is 9.97 Å². The molecule has 16 heavy (non-hydrogen) atoms. The van der Waals surface area contributed by atoms with Crippen molar-refractivity contribution in [3.63, 3.8) is 0 Å². The van der Waals surface area contributed by atoms with Gasteiger partial charge in [-0.05, 0) is 12.1 Å². The molecular weight excluding hydrogens is 202 g/mol. The molecule has 78 valence electrons. The molecule has 0 aliphatic carbocycles. The van der Waals surface area contributed by atoms with Gasteiger partial charge >= 0.3 is 0 Å². The van der Waals surface area contributed by atoms with Crippen molar-refractivity contribution >= 4 is 17.7 Å². The van der Waals surface area contributed by atoms with Crippen molar-refractivity contribution in [2.75, 3.05) is 11.9 Å². The predicted molar refractivity (Wildman–Crippen MR) is 61.9 cm³/mol. The van der Waals surface area contributed by atoms with E-state index in [1.54, 1.807) is 24.8 Å².